The molecule has 1 aliphatic carbocycles. The van der Waals surface area contributed by atoms with Gasteiger partial charge in [-0.2, -0.15) is 0 Å². The number of rotatable bonds is 38. The molecule has 0 aliphatic heterocycles. The van der Waals surface area contributed by atoms with E-state index in [4.69, 9.17) is 18.5 Å². The monoisotopic (exact) mass is 846 g/mol. The highest BCUT2D eigenvalue weighted by atomic mass is 31.2. The summed E-state index contributed by atoms with van der Waals surface area (Å²) >= 11 is 0. The molecule has 0 spiro atoms. The van der Waals surface area contributed by atoms with Gasteiger partial charge in [0.25, 0.3) is 7.82 Å². The van der Waals surface area contributed by atoms with E-state index in [1.54, 1.807) is 6.08 Å². The summed E-state index contributed by atoms with van der Waals surface area (Å²) in [6, 6.07) is 0. The van der Waals surface area contributed by atoms with Crippen LogP contribution < -0.4 is 4.89 Å². The molecule has 0 aromatic carbocycles. The highest BCUT2D eigenvalue weighted by molar-refractivity contribution is 7.45. The molecular weight excluding hydrogens is 761 g/mol. The summed E-state index contributed by atoms with van der Waals surface area (Å²) in [4.78, 5) is 50.3. The van der Waals surface area contributed by atoms with Crippen molar-refractivity contribution in [2.45, 2.75) is 199 Å². The zero-order valence-corrected chi connectivity index (χ0v) is 38.1. The first-order chi connectivity index (χ1) is 27.7. The fourth-order valence-electron chi connectivity index (χ4n) is 7.26. The molecule has 1 rings (SSSR count). The van der Waals surface area contributed by atoms with E-state index in [0.717, 1.165) is 57.8 Å². The molecule has 0 aromatic rings. The van der Waals surface area contributed by atoms with Crippen LogP contribution in [0.2, 0.25) is 0 Å². The first-order valence-electron chi connectivity index (χ1n) is 23.0. The number of esters is 2. The highest BCUT2D eigenvalue weighted by Crippen LogP contribution is 2.38. The molecular formula is C45H84NO11P. The van der Waals surface area contributed by atoms with Crippen molar-refractivity contribution in [2.75, 3.05) is 47.5 Å². The number of carbonyl (C=O) groups is 3. The topological polar surface area (TPSA) is 169 Å². The standard InChI is InChI=1S/C45H84NO11P/c1-6-8-10-11-12-13-14-15-16-17-18-19-20-26-30-45(51)57-39(37-56-58(52,53)55-34-33-46(3,4)5)36-54-44(50)29-25-22-21-24-28-40-41(43(49)35-42(40)48)32-31-38(47)27-23-9-7-2/h31-32,38-41,43,47,49H,6-30,33-37H2,1-5H3/b32-31+/t38-,39+,40+,41+,43+/m0/s1. The second kappa shape index (κ2) is 33.0. The lowest BCUT2D eigenvalue weighted by Gasteiger charge is -2.28. The normalized spacial score (nSPS) is 19.4. The predicted octanol–water partition coefficient (Wildman–Crippen LogP) is 8.92. The SMILES string of the molecule is CCCCCCCCCCCCCCCCC(=O)O[C@H](COC(=O)CCCCCC[C@H]1C(=O)C[C@@H](O)[C@@H]1/C=C/[C@@H](O)CCCCC)COP(=O)([O-])OCC[N+](C)(C)C. The van der Waals surface area contributed by atoms with E-state index in [2.05, 4.69) is 13.8 Å². The quantitative estimate of drug-likeness (QED) is 0.0200. The zero-order valence-electron chi connectivity index (χ0n) is 37.2. The molecule has 1 aliphatic rings. The second-order valence-corrected chi connectivity index (χ2v) is 19.0. The summed E-state index contributed by atoms with van der Waals surface area (Å²) in [5.41, 5.74) is 0. The van der Waals surface area contributed by atoms with Crippen LogP contribution in [0.3, 0.4) is 0 Å². The third-order valence-electron chi connectivity index (χ3n) is 10.9. The summed E-state index contributed by atoms with van der Waals surface area (Å²) in [6.45, 7) is 3.87. The van der Waals surface area contributed by atoms with Crippen LogP contribution in [0.25, 0.3) is 0 Å². The van der Waals surface area contributed by atoms with Crippen LogP contribution >= 0.6 is 7.82 Å². The average Bonchev–Trinajstić information content (AvgIpc) is 3.43. The number of unbranched alkanes of at least 4 members (excludes halogenated alkanes) is 18. The van der Waals surface area contributed by atoms with Gasteiger partial charge < -0.3 is 38.1 Å². The van der Waals surface area contributed by atoms with Crippen molar-refractivity contribution >= 4 is 25.5 Å². The van der Waals surface area contributed by atoms with Crippen molar-refractivity contribution in [2.24, 2.45) is 11.8 Å². The number of aliphatic hydroxyl groups is 2. The molecule has 0 saturated heterocycles. The summed E-state index contributed by atoms with van der Waals surface area (Å²) in [7, 11) is 1.04. The number of phosphoric acid groups is 1. The summed E-state index contributed by atoms with van der Waals surface area (Å²) in [5, 5.41) is 20.7. The molecule has 340 valence electrons. The van der Waals surface area contributed by atoms with Gasteiger partial charge in [0.15, 0.2) is 6.10 Å². The molecule has 0 radical (unpaired) electrons. The maximum atomic E-state index is 12.7. The van der Waals surface area contributed by atoms with E-state index in [1.807, 2.05) is 27.2 Å². The molecule has 0 bridgehead atoms. The molecule has 0 aromatic heterocycles. The van der Waals surface area contributed by atoms with Gasteiger partial charge in [0.1, 0.15) is 25.5 Å². The number of aliphatic hydroxyl groups excluding tert-OH is 2. The lowest BCUT2D eigenvalue weighted by molar-refractivity contribution is -0.870. The van der Waals surface area contributed by atoms with Crippen molar-refractivity contribution in [3.63, 3.8) is 0 Å². The van der Waals surface area contributed by atoms with Crippen LogP contribution in [-0.4, -0.2) is 98.2 Å². The fraction of sp³-hybridized carbons (Fsp3) is 0.889. The molecule has 0 heterocycles. The van der Waals surface area contributed by atoms with Gasteiger partial charge in [0, 0.05) is 31.1 Å². The van der Waals surface area contributed by atoms with Crippen molar-refractivity contribution in [1.29, 1.82) is 0 Å². The maximum Gasteiger partial charge on any atom is 0.306 e. The smallest absolute Gasteiger partial charge is 0.306 e. The summed E-state index contributed by atoms with van der Waals surface area (Å²) in [6.07, 6.45) is 25.6. The van der Waals surface area contributed by atoms with Crippen LogP contribution in [0.1, 0.15) is 181 Å². The molecule has 0 amide bonds. The van der Waals surface area contributed by atoms with Crippen molar-refractivity contribution in [3.8, 4) is 0 Å². The Morgan fingerprint density at radius 3 is 1.86 bits per heavy atom. The second-order valence-electron chi connectivity index (χ2n) is 17.6. The van der Waals surface area contributed by atoms with Gasteiger partial charge in [-0.1, -0.05) is 148 Å². The number of ether oxygens (including phenoxy) is 2. The van der Waals surface area contributed by atoms with Gasteiger partial charge in [-0.05, 0) is 25.7 Å². The molecule has 58 heavy (non-hydrogen) atoms. The van der Waals surface area contributed by atoms with E-state index in [9.17, 15) is 34.1 Å². The van der Waals surface area contributed by atoms with Crippen LogP contribution in [-0.2, 0) is 37.5 Å². The summed E-state index contributed by atoms with van der Waals surface area (Å²) in [5.74, 6) is -1.51. The predicted molar refractivity (Wildman–Crippen MR) is 228 cm³/mol. The minimum Gasteiger partial charge on any atom is -0.756 e. The van der Waals surface area contributed by atoms with E-state index in [-0.39, 0.29) is 50.1 Å². The Kier molecular flexibility index (Phi) is 31.0. The zero-order chi connectivity index (χ0) is 43.1. The van der Waals surface area contributed by atoms with E-state index in [1.165, 1.54) is 64.2 Å². The van der Waals surface area contributed by atoms with E-state index in [0.29, 0.717) is 36.7 Å². The Morgan fingerprint density at radius 2 is 1.29 bits per heavy atom. The van der Waals surface area contributed by atoms with Gasteiger partial charge >= 0.3 is 11.9 Å². The largest absolute Gasteiger partial charge is 0.756 e. The molecule has 1 unspecified atom stereocenters. The number of carbonyl (C=O) groups excluding carboxylic acids is 3. The van der Waals surface area contributed by atoms with Crippen molar-refractivity contribution in [1.82, 2.24) is 0 Å². The number of hydrogen-bond acceptors (Lipinski definition) is 11. The number of Topliss-reactive ketones (excluding diaryl/α,β-unsaturated/α-hetero) is 1. The minimum absolute atomic E-state index is 0.0501. The molecule has 1 saturated carbocycles. The molecule has 1 fully saturated rings. The Morgan fingerprint density at radius 1 is 0.776 bits per heavy atom. The number of quaternary nitrogens is 1. The van der Waals surface area contributed by atoms with Crippen LogP contribution in [0.15, 0.2) is 12.2 Å². The maximum absolute atomic E-state index is 12.7. The third-order valence-corrected chi connectivity index (χ3v) is 11.9. The summed E-state index contributed by atoms with van der Waals surface area (Å²) < 4.78 is 33.9. The van der Waals surface area contributed by atoms with Crippen LogP contribution in [0.4, 0.5) is 0 Å². The lowest BCUT2D eigenvalue weighted by Crippen LogP contribution is -2.37. The third kappa shape index (κ3) is 29.5. The number of ketones is 1. The molecule has 2 N–H and O–H groups in total. The number of likely N-dealkylation sites (N-methyl/N-ethyl adjacent to an activating group) is 1. The average molecular weight is 846 g/mol. The van der Waals surface area contributed by atoms with Crippen molar-refractivity contribution < 1.29 is 57.1 Å². The molecule has 13 heteroatoms. The van der Waals surface area contributed by atoms with Gasteiger partial charge in [0.2, 0.25) is 0 Å². The molecule has 12 nitrogen and oxygen atoms in total. The molecule has 6 atom stereocenters. The van der Waals surface area contributed by atoms with E-state index < -0.39 is 44.7 Å². The van der Waals surface area contributed by atoms with Gasteiger partial charge in [-0.25, -0.2) is 0 Å². The fourth-order valence-corrected chi connectivity index (χ4v) is 7.99. The van der Waals surface area contributed by atoms with E-state index >= 15 is 0 Å². The van der Waals surface area contributed by atoms with Gasteiger partial charge in [0.05, 0.1) is 40.0 Å². The van der Waals surface area contributed by atoms with Crippen molar-refractivity contribution in [3.05, 3.63) is 12.2 Å². The first kappa shape index (κ1) is 54.4. The number of phosphoric ester groups is 1. The van der Waals surface area contributed by atoms with Gasteiger partial charge in [-0.15, -0.1) is 0 Å². The first-order valence-corrected chi connectivity index (χ1v) is 24.5. The Hall–Kier alpha value is -1.66. The lowest BCUT2D eigenvalue weighted by atomic mass is 9.88. The van der Waals surface area contributed by atoms with Crippen LogP contribution in [0, 0.1) is 11.8 Å². The Balaban J connectivity index is 2.45. The van der Waals surface area contributed by atoms with Crippen LogP contribution in [0.5, 0.6) is 0 Å². The highest BCUT2D eigenvalue weighted by Gasteiger charge is 2.39. The van der Waals surface area contributed by atoms with Gasteiger partial charge in [-0.3, -0.25) is 18.9 Å². The Labute approximate surface area is 352 Å². The number of nitrogens with zero attached hydrogens (tertiary/aromatic N) is 1. The number of hydrogen-bond donors (Lipinski definition) is 2. The Bertz CT molecular complexity index is 1160. The minimum atomic E-state index is -4.68.